The average Bonchev–Trinajstić information content (AvgIpc) is 2.62. The van der Waals surface area contributed by atoms with E-state index in [9.17, 15) is 13.5 Å². The van der Waals surface area contributed by atoms with E-state index in [4.69, 9.17) is 0 Å². The van der Waals surface area contributed by atoms with E-state index in [1.165, 1.54) is 6.26 Å². The van der Waals surface area contributed by atoms with Gasteiger partial charge in [0.25, 0.3) is 0 Å². The fourth-order valence-electron chi connectivity index (χ4n) is 2.66. The van der Waals surface area contributed by atoms with Gasteiger partial charge in [-0.1, -0.05) is 12.8 Å². The maximum atomic E-state index is 11.1. The molecule has 96 valence electrons. The van der Waals surface area contributed by atoms with Crippen molar-refractivity contribution in [1.29, 1.82) is 0 Å². The molecule has 1 N–H and O–H groups in total. The second-order valence-corrected chi connectivity index (χ2v) is 7.40. The Morgan fingerprint density at radius 2 is 1.81 bits per heavy atom. The SMILES string of the molecule is CN(C)C1(C(O)CCS(C)(=O)=O)CCCC1. The molecule has 1 rings (SSSR count). The summed E-state index contributed by atoms with van der Waals surface area (Å²) in [6, 6.07) is 0. The van der Waals surface area contributed by atoms with Crippen LogP contribution in [0.4, 0.5) is 0 Å². The van der Waals surface area contributed by atoms with E-state index < -0.39 is 15.9 Å². The van der Waals surface area contributed by atoms with Gasteiger partial charge in [0.2, 0.25) is 0 Å². The largest absolute Gasteiger partial charge is 0.391 e. The monoisotopic (exact) mass is 249 g/mol. The van der Waals surface area contributed by atoms with E-state index in [0.29, 0.717) is 6.42 Å². The quantitative estimate of drug-likeness (QED) is 0.777. The summed E-state index contributed by atoms with van der Waals surface area (Å²) in [5.74, 6) is 0.0732. The smallest absolute Gasteiger partial charge is 0.147 e. The van der Waals surface area contributed by atoms with Gasteiger partial charge in [0.1, 0.15) is 9.84 Å². The van der Waals surface area contributed by atoms with Gasteiger partial charge in [-0.15, -0.1) is 0 Å². The van der Waals surface area contributed by atoms with Crippen LogP contribution in [-0.4, -0.2) is 56.2 Å². The second-order valence-electron chi connectivity index (χ2n) is 5.14. The van der Waals surface area contributed by atoms with Gasteiger partial charge in [-0.3, -0.25) is 0 Å². The maximum absolute atomic E-state index is 11.1. The lowest BCUT2D eigenvalue weighted by atomic mass is 9.87. The van der Waals surface area contributed by atoms with Crippen LogP contribution in [0.1, 0.15) is 32.1 Å². The van der Waals surface area contributed by atoms with Crippen LogP contribution in [-0.2, 0) is 9.84 Å². The van der Waals surface area contributed by atoms with E-state index in [-0.39, 0.29) is 11.3 Å². The van der Waals surface area contributed by atoms with E-state index in [1.807, 2.05) is 14.1 Å². The lowest BCUT2D eigenvalue weighted by Crippen LogP contribution is -2.52. The highest BCUT2D eigenvalue weighted by molar-refractivity contribution is 7.90. The summed E-state index contributed by atoms with van der Waals surface area (Å²) in [5.41, 5.74) is -0.204. The highest BCUT2D eigenvalue weighted by atomic mass is 32.2. The predicted molar refractivity (Wildman–Crippen MR) is 65.2 cm³/mol. The van der Waals surface area contributed by atoms with E-state index in [2.05, 4.69) is 4.90 Å². The molecule has 0 heterocycles. The summed E-state index contributed by atoms with van der Waals surface area (Å²) < 4.78 is 22.2. The highest BCUT2D eigenvalue weighted by Crippen LogP contribution is 2.37. The Balaban J connectivity index is 2.66. The van der Waals surface area contributed by atoms with Gasteiger partial charge in [0.15, 0.2) is 0 Å². The summed E-state index contributed by atoms with van der Waals surface area (Å²) in [7, 11) is 0.955. The molecule has 16 heavy (non-hydrogen) atoms. The third kappa shape index (κ3) is 3.18. The normalized spacial score (nSPS) is 22.6. The molecule has 5 heteroatoms. The summed E-state index contributed by atoms with van der Waals surface area (Å²) in [5, 5.41) is 10.2. The van der Waals surface area contributed by atoms with E-state index in [1.54, 1.807) is 0 Å². The molecule has 0 aromatic carbocycles. The van der Waals surface area contributed by atoms with Gasteiger partial charge in [-0.25, -0.2) is 8.42 Å². The molecule has 0 bridgehead atoms. The molecule has 1 saturated carbocycles. The molecule has 4 nitrogen and oxygen atoms in total. The molecule has 0 saturated heterocycles. The average molecular weight is 249 g/mol. The molecule has 0 amide bonds. The van der Waals surface area contributed by atoms with E-state index >= 15 is 0 Å². The highest BCUT2D eigenvalue weighted by Gasteiger charge is 2.42. The van der Waals surface area contributed by atoms with Crippen molar-refractivity contribution in [2.45, 2.75) is 43.7 Å². The molecular weight excluding hydrogens is 226 g/mol. The van der Waals surface area contributed by atoms with Crippen LogP contribution < -0.4 is 0 Å². The van der Waals surface area contributed by atoms with Crippen LogP contribution in [0.15, 0.2) is 0 Å². The van der Waals surface area contributed by atoms with Crippen molar-refractivity contribution in [2.75, 3.05) is 26.1 Å². The van der Waals surface area contributed by atoms with Crippen molar-refractivity contribution in [2.24, 2.45) is 0 Å². The lowest BCUT2D eigenvalue weighted by Gasteiger charge is -2.40. The van der Waals surface area contributed by atoms with E-state index in [0.717, 1.165) is 25.7 Å². The lowest BCUT2D eigenvalue weighted by molar-refractivity contribution is -0.00445. The number of sulfone groups is 1. The first-order valence-corrected chi connectivity index (χ1v) is 7.87. The zero-order valence-corrected chi connectivity index (χ0v) is 11.3. The third-order valence-electron chi connectivity index (χ3n) is 3.74. The number of hydrogen-bond acceptors (Lipinski definition) is 4. The van der Waals surface area contributed by atoms with Crippen molar-refractivity contribution in [3.8, 4) is 0 Å². The molecular formula is C11H23NO3S. The van der Waals surface area contributed by atoms with Gasteiger partial charge in [-0.2, -0.15) is 0 Å². The standard InChI is InChI=1S/C11H23NO3S/c1-12(2)11(7-4-5-8-11)10(13)6-9-16(3,14)15/h10,13H,4-9H2,1-3H3. The summed E-state index contributed by atoms with van der Waals surface area (Å²) >= 11 is 0. The topological polar surface area (TPSA) is 57.6 Å². The summed E-state index contributed by atoms with van der Waals surface area (Å²) in [4.78, 5) is 2.06. The van der Waals surface area contributed by atoms with Crippen LogP contribution in [0.5, 0.6) is 0 Å². The van der Waals surface area contributed by atoms with Crippen molar-refractivity contribution in [1.82, 2.24) is 4.90 Å². The Kier molecular flexibility index (Phi) is 4.37. The van der Waals surface area contributed by atoms with Crippen molar-refractivity contribution in [3.63, 3.8) is 0 Å². The number of likely N-dealkylation sites (N-methyl/N-ethyl adjacent to an activating group) is 1. The first-order chi connectivity index (χ1) is 7.28. The molecule has 1 unspecified atom stereocenters. The Bertz CT molecular complexity index is 318. The minimum atomic E-state index is -2.98. The zero-order chi connectivity index (χ0) is 12.4. The molecule has 1 aliphatic carbocycles. The van der Waals surface area contributed by atoms with Crippen molar-refractivity contribution in [3.05, 3.63) is 0 Å². The summed E-state index contributed by atoms with van der Waals surface area (Å²) in [6.07, 6.45) is 5.19. The fourth-order valence-corrected chi connectivity index (χ4v) is 3.31. The van der Waals surface area contributed by atoms with Gasteiger partial charge < -0.3 is 10.0 Å². The van der Waals surface area contributed by atoms with Gasteiger partial charge in [0.05, 0.1) is 11.9 Å². The zero-order valence-electron chi connectivity index (χ0n) is 10.4. The molecule has 1 atom stereocenters. The molecule has 1 aliphatic rings. The maximum Gasteiger partial charge on any atom is 0.147 e. The summed E-state index contributed by atoms with van der Waals surface area (Å²) in [6.45, 7) is 0. The number of hydrogen-bond donors (Lipinski definition) is 1. The molecule has 0 aliphatic heterocycles. The van der Waals surface area contributed by atoms with Crippen LogP contribution in [0.2, 0.25) is 0 Å². The minimum Gasteiger partial charge on any atom is -0.391 e. The van der Waals surface area contributed by atoms with Crippen molar-refractivity contribution < 1.29 is 13.5 Å². The first kappa shape index (κ1) is 13.9. The Morgan fingerprint density at radius 3 is 2.19 bits per heavy atom. The predicted octanol–water partition coefficient (Wildman–Crippen LogP) is 0.656. The van der Waals surface area contributed by atoms with Crippen LogP contribution in [0.3, 0.4) is 0 Å². The Hall–Kier alpha value is -0.130. The molecule has 0 aromatic heterocycles. The number of rotatable bonds is 5. The minimum absolute atomic E-state index is 0.0732. The fraction of sp³-hybridized carbons (Fsp3) is 1.00. The Morgan fingerprint density at radius 1 is 1.31 bits per heavy atom. The van der Waals surface area contributed by atoms with Crippen LogP contribution in [0.25, 0.3) is 0 Å². The molecule has 0 aromatic rings. The van der Waals surface area contributed by atoms with Crippen molar-refractivity contribution >= 4 is 9.84 Å². The molecule has 1 fully saturated rings. The number of aliphatic hydroxyl groups is 1. The molecule has 0 spiro atoms. The first-order valence-electron chi connectivity index (χ1n) is 5.81. The van der Waals surface area contributed by atoms with Crippen LogP contribution >= 0.6 is 0 Å². The second kappa shape index (κ2) is 5.02. The van der Waals surface area contributed by atoms with Gasteiger partial charge >= 0.3 is 0 Å². The number of aliphatic hydroxyl groups excluding tert-OH is 1. The third-order valence-corrected chi connectivity index (χ3v) is 4.72. The van der Waals surface area contributed by atoms with Crippen LogP contribution in [0, 0.1) is 0 Å². The van der Waals surface area contributed by atoms with Gasteiger partial charge in [0, 0.05) is 11.8 Å². The Labute approximate surface area is 98.6 Å². The van der Waals surface area contributed by atoms with Gasteiger partial charge in [-0.05, 0) is 33.4 Å². The molecule has 0 radical (unpaired) electrons. The number of nitrogens with zero attached hydrogens (tertiary/aromatic N) is 1.